The molecule has 1 aliphatic heterocycles. The van der Waals surface area contributed by atoms with Crippen LogP contribution >= 0.6 is 0 Å². The highest BCUT2D eigenvalue weighted by Gasteiger charge is 2.45. The Balaban J connectivity index is 2.05. The van der Waals surface area contributed by atoms with Crippen molar-refractivity contribution in [2.45, 2.75) is 26.8 Å². The molecule has 0 spiro atoms. The van der Waals surface area contributed by atoms with Crippen LogP contribution in [0, 0.1) is 0 Å². The highest BCUT2D eigenvalue weighted by atomic mass is 16.5. The zero-order valence-corrected chi connectivity index (χ0v) is 19.7. The predicted octanol–water partition coefficient (Wildman–Crippen LogP) is 3.86. The molecule has 176 valence electrons. The fourth-order valence-electron chi connectivity index (χ4n) is 4.06. The van der Waals surface area contributed by atoms with E-state index in [1.165, 1.54) is 0 Å². The summed E-state index contributed by atoms with van der Waals surface area (Å²) in [5.41, 5.74) is 1.29. The minimum Gasteiger partial charge on any atom is -0.507 e. The van der Waals surface area contributed by atoms with Crippen molar-refractivity contribution >= 4 is 17.4 Å². The van der Waals surface area contributed by atoms with E-state index in [1.807, 2.05) is 19.1 Å². The van der Waals surface area contributed by atoms with Gasteiger partial charge in [-0.25, -0.2) is 0 Å². The number of hydrogen-bond donors (Lipinski definition) is 1. The number of ketones is 1. The standard InChI is InChI=1S/C26H32N2O5/c1-5-27(6-2)16-17-28-23(18-8-12-20(32-4)13-9-18)22(25(30)26(28)31)24(29)19-10-14-21(15-11-19)33-7-3/h8-15,23,29H,5-7,16-17H2,1-4H3/t23-/m0/s1. The van der Waals surface area contributed by atoms with Gasteiger partial charge in [-0.2, -0.15) is 0 Å². The quantitative estimate of drug-likeness (QED) is 0.335. The minimum absolute atomic E-state index is 0.0915. The average molecular weight is 453 g/mol. The summed E-state index contributed by atoms with van der Waals surface area (Å²) >= 11 is 0. The second-order valence-electron chi connectivity index (χ2n) is 7.75. The zero-order valence-electron chi connectivity index (χ0n) is 19.7. The topological polar surface area (TPSA) is 79.3 Å². The molecule has 0 aromatic heterocycles. The van der Waals surface area contributed by atoms with E-state index in [4.69, 9.17) is 9.47 Å². The number of benzene rings is 2. The average Bonchev–Trinajstić information content (AvgIpc) is 3.10. The number of carbonyl (C=O) groups is 2. The lowest BCUT2D eigenvalue weighted by Gasteiger charge is -2.28. The third kappa shape index (κ3) is 5.20. The molecule has 0 saturated carbocycles. The predicted molar refractivity (Wildman–Crippen MR) is 127 cm³/mol. The van der Waals surface area contributed by atoms with Crippen molar-refractivity contribution < 1.29 is 24.2 Å². The first-order valence-corrected chi connectivity index (χ1v) is 11.3. The number of methoxy groups -OCH3 is 1. The van der Waals surface area contributed by atoms with Gasteiger partial charge in [-0.1, -0.05) is 26.0 Å². The van der Waals surface area contributed by atoms with Crippen LogP contribution in [0.4, 0.5) is 0 Å². The zero-order chi connectivity index (χ0) is 24.0. The van der Waals surface area contributed by atoms with Crippen molar-refractivity contribution in [1.29, 1.82) is 0 Å². The van der Waals surface area contributed by atoms with E-state index in [-0.39, 0.29) is 11.3 Å². The number of rotatable bonds is 10. The molecule has 1 fully saturated rings. The number of likely N-dealkylation sites (tertiary alicyclic amines) is 1. The Labute approximate surface area is 195 Å². The van der Waals surface area contributed by atoms with E-state index in [9.17, 15) is 14.7 Å². The molecule has 1 amide bonds. The van der Waals surface area contributed by atoms with E-state index in [1.54, 1.807) is 48.4 Å². The molecule has 1 aliphatic rings. The maximum atomic E-state index is 13.1. The fourth-order valence-corrected chi connectivity index (χ4v) is 4.06. The number of aliphatic hydroxyl groups excluding tert-OH is 1. The Morgan fingerprint density at radius 3 is 2.12 bits per heavy atom. The molecule has 1 N–H and O–H groups in total. The molecule has 3 rings (SSSR count). The summed E-state index contributed by atoms with van der Waals surface area (Å²) < 4.78 is 10.7. The van der Waals surface area contributed by atoms with Crippen LogP contribution < -0.4 is 9.47 Å². The lowest BCUT2D eigenvalue weighted by molar-refractivity contribution is -0.140. The minimum atomic E-state index is -0.682. The highest BCUT2D eigenvalue weighted by molar-refractivity contribution is 6.46. The molecule has 2 aromatic carbocycles. The lowest BCUT2D eigenvalue weighted by atomic mass is 9.95. The molecule has 1 heterocycles. The summed E-state index contributed by atoms with van der Waals surface area (Å²) in [5, 5.41) is 11.2. The third-order valence-corrected chi connectivity index (χ3v) is 5.96. The maximum Gasteiger partial charge on any atom is 0.295 e. The van der Waals surface area contributed by atoms with Gasteiger partial charge in [0.05, 0.1) is 25.3 Å². The largest absolute Gasteiger partial charge is 0.507 e. The number of nitrogens with zero attached hydrogens (tertiary/aromatic N) is 2. The van der Waals surface area contributed by atoms with Gasteiger partial charge in [0.2, 0.25) is 0 Å². The molecule has 1 atom stereocenters. The van der Waals surface area contributed by atoms with Gasteiger partial charge in [-0.3, -0.25) is 9.59 Å². The summed E-state index contributed by atoms with van der Waals surface area (Å²) in [4.78, 5) is 29.9. The van der Waals surface area contributed by atoms with E-state index in [0.717, 1.165) is 18.7 Å². The monoisotopic (exact) mass is 452 g/mol. The summed E-state index contributed by atoms with van der Waals surface area (Å²) in [6, 6.07) is 13.4. The number of amides is 1. The number of Topliss-reactive ketones (excluding diaryl/α,β-unsaturated/α-hetero) is 1. The molecule has 7 nitrogen and oxygen atoms in total. The van der Waals surface area contributed by atoms with Crippen LogP contribution in [0.25, 0.3) is 5.76 Å². The van der Waals surface area contributed by atoms with Gasteiger partial charge in [0.25, 0.3) is 11.7 Å². The van der Waals surface area contributed by atoms with Crippen molar-refractivity contribution in [2.24, 2.45) is 0 Å². The first-order valence-electron chi connectivity index (χ1n) is 11.3. The molecule has 0 unspecified atom stereocenters. The Bertz CT molecular complexity index is 994. The first-order chi connectivity index (χ1) is 15.9. The van der Waals surface area contributed by atoms with Gasteiger partial charge >= 0.3 is 0 Å². The van der Waals surface area contributed by atoms with Crippen molar-refractivity contribution in [1.82, 2.24) is 9.80 Å². The number of aliphatic hydroxyl groups is 1. The number of likely N-dealkylation sites (N-methyl/N-ethyl adjacent to an activating group) is 1. The van der Waals surface area contributed by atoms with Crippen LogP contribution in [0.2, 0.25) is 0 Å². The van der Waals surface area contributed by atoms with Crippen molar-refractivity contribution in [3.05, 3.63) is 65.2 Å². The summed E-state index contributed by atoms with van der Waals surface area (Å²) in [7, 11) is 1.58. The van der Waals surface area contributed by atoms with Gasteiger partial charge in [-0.05, 0) is 62.0 Å². The smallest absolute Gasteiger partial charge is 0.295 e. The molecule has 7 heteroatoms. The molecule has 0 aliphatic carbocycles. The Morgan fingerprint density at radius 1 is 0.970 bits per heavy atom. The van der Waals surface area contributed by atoms with Crippen LogP contribution in [-0.4, -0.2) is 66.5 Å². The Kier molecular flexibility index (Phi) is 8.11. The Hall–Kier alpha value is -3.32. The van der Waals surface area contributed by atoms with Gasteiger partial charge < -0.3 is 24.4 Å². The number of ether oxygens (including phenoxy) is 2. The van der Waals surface area contributed by atoms with E-state index in [2.05, 4.69) is 18.7 Å². The second kappa shape index (κ2) is 11.0. The highest BCUT2D eigenvalue weighted by Crippen LogP contribution is 2.39. The van der Waals surface area contributed by atoms with Gasteiger partial charge in [0.15, 0.2) is 0 Å². The molecular formula is C26H32N2O5. The molecule has 0 radical (unpaired) electrons. The molecular weight excluding hydrogens is 420 g/mol. The van der Waals surface area contributed by atoms with Gasteiger partial charge in [0, 0.05) is 18.7 Å². The molecule has 1 saturated heterocycles. The fraction of sp³-hybridized carbons (Fsp3) is 0.385. The normalized spacial score (nSPS) is 17.6. The molecule has 33 heavy (non-hydrogen) atoms. The van der Waals surface area contributed by atoms with Crippen molar-refractivity contribution in [3.63, 3.8) is 0 Å². The van der Waals surface area contributed by atoms with Crippen LogP contribution in [-0.2, 0) is 9.59 Å². The second-order valence-corrected chi connectivity index (χ2v) is 7.75. The first kappa shape index (κ1) is 24.3. The Morgan fingerprint density at radius 2 is 1.58 bits per heavy atom. The van der Waals surface area contributed by atoms with E-state index >= 15 is 0 Å². The van der Waals surface area contributed by atoms with E-state index < -0.39 is 17.7 Å². The SMILES string of the molecule is CCOc1ccc(C(O)=C2C(=O)C(=O)N(CCN(CC)CC)[C@H]2c2ccc(OC)cc2)cc1. The number of carbonyl (C=O) groups excluding carboxylic acids is 2. The van der Waals surface area contributed by atoms with Crippen molar-refractivity contribution in [2.75, 3.05) is 39.9 Å². The van der Waals surface area contributed by atoms with Crippen LogP contribution in [0.1, 0.15) is 37.9 Å². The van der Waals surface area contributed by atoms with Gasteiger partial charge in [0.1, 0.15) is 17.3 Å². The third-order valence-electron chi connectivity index (χ3n) is 5.96. The van der Waals surface area contributed by atoms with Gasteiger partial charge in [-0.15, -0.1) is 0 Å². The van der Waals surface area contributed by atoms with Crippen LogP contribution in [0.15, 0.2) is 54.1 Å². The van der Waals surface area contributed by atoms with Crippen molar-refractivity contribution in [3.8, 4) is 11.5 Å². The summed E-state index contributed by atoms with van der Waals surface area (Å²) in [6.45, 7) is 9.25. The summed E-state index contributed by atoms with van der Waals surface area (Å²) in [5.74, 6) is -0.134. The van der Waals surface area contributed by atoms with Crippen LogP contribution in [0.5, 0.6) is 11.5 Å². The molecule has 2 aromatic rings. The van der Waals surface area contributed by atoms with E-state index in [0.29, 0.717) is 36.8 Å². The number of hydrogen-bond acceptors (Lipinski definition) is 6. The lowest BCUT2D eigenvalue weighted by Crippen LogP contribution is -2.38. The van der Waals surface area contributed by atoms with Crippen LogP contribution in [0.3, 0.4) is 0 Å². The molecule has 0 bridgehead atoms. The summed E-state index contributed by atoms with van der Waals surface area (Å²) in [6.07, 6.45) is 0. The maximum absolute atomic E-state index is 13.1.